The van der Waals surface area contributed by atoms with Crippen molar-refractivity contribution in [3.05, 3.63) is 46.6 Å². The predicted octanol–water partition coefficient (Wildman–Crippen LogP) is 5.02. The summed E-state index contributed by atoms with van der Waals surface area (Å²) in [5.74, 6) is 0.595. The van der Waals surface area contributed by atoms with E-state index < -0.39 is 0 Å². The normalized spacial score (nSPS) is 10.3. The van der Waals surface area contributed by atoms with Crippen LogP contribution in [0.2, 0.25) is 0 Å². The van der Waals surface area contributed by atoms with Gasteiger partial charge in [0.2, 0.25) is 5.91 Å². The number of unbranched alkanes of at least 4 members (excludes halogenated alkanes) is 1. The summed E-state index contributed by atoms with van der Waals surface area (Å²) in [5, 5.41) is 6.12. The van der Waals surface area contributed by atoms with Gasteiger partial charge in [0.05, 0.1) is 11.9 Å². The molecule has 0 aliphatic heterocycles. The van der Waals surface area contributed by atoms with E-state index in [2.05, 4.69) is 44.5 Å². The fraction of sp³-hybridized carbons (Fsp3) is 0.294. The molecule has 1 heterocycles. The van der Waals surface area contributed by atoms with Crippen LogP contribution in [0.25, 0.3) is 0 Å². The van der Waals surface area contributed by atoms with Crippen LogP contribution in [0, 0.1) is 6.92 Å². The Morgan fingerprint density at radius 2 is 2.09 bits per heavy atom. The molecule has 0 fully saturated rings. The molecule has 1 aromatic heterocycles. The summed E-state index contributed by atoms with van der Waals surface area (Å²) in [4.78, 5) is 15.9. The number of pyridine rings is 1. The molecule has 0 unspecified atom stereocenters. The third-order valence-corrected chi connectivity index (χ3v) is 3.75. The monoisotopic (exact) mass is 361 g/mol. The van der Waals surface area contributed by atoms with Crippen LogP contribution in [0.1, 0.15) is 31.7 Å². The molecule has 0 aliphatic carbocycles. The van der Waals surface area contributed by atoms with E-state index in [4.69, 9.17) is 0 Å². The van der Waals surface area contributed by atoms with Crippen molar-refractivity contribution in [1.29, 1.82) is 0 Å². The van der Waals surface area contributed by atoms with E-state index in [0.717, 1.165) is 34.3 Å². The van der Waals surface area contributed by atoms with Gasteiger partial charge in [0, 0.05) is 16.6 Å². The van der Waals surface area contributed by atoms with Crippen LogP contribution in [0.4, 0.5) is 17.2 Å². The quantitative estimate of drug-likeness (QED) is 0.758. The standard InChI is InChI=1S/C17H20BrN3O/c1-3-4-5-17(22)21-16-9-7-14(11-19-16)20-15-8-6-13(18)10-12(15)2/h6-11,20H,3-5H2,1-2H3,(H,19,21,22). The van der Waals surface area contributed by atoms with Crippen molar-refractivity contribution in [1.82, 2.24) is 4.98 Å². The molecular weight excluding hydrogens is 342 g/mol. The molecule has 2 aromatic rings. The molecule has 22 heavy (non-hydrogen) atoms. The summed E-state index contributed by atoms with van der Waals surface area (Å²) >= 11 is 3.45. The Kier molecular flexibility index (Phi) is 5.95. The van der Waals surface area contributed by atoms with Gasteiger partial charge in [0.1, 0.15) is 5.82 Å². The number of rotatable bonds is 6. The molecule has 0 bridgehead atoms. The molecule has 2 rings (SSSR count). The molecule has 116 valence electrons. The fourth-order valence-electron chi connectivity index (χ4n) is 2.01. The van der Waals surface area contributed by atoms with Gasteiger partial charge in [0.25, 0.3) is 0 Å². The number of aryl methyl sites for hydroxylation is 1. The Morgan fingerprint density at radius 3 is 2.73 bits per heavy atom. The average molecular weight is 362 g/mol. The molecule has 5 heteroatoms. The molecule has 2 N–H and O–H groups in total. The Labute approximate surface area is 139 Å². The highest BCUT2D eigenvalue weighted by Crippen LogP contribution is 2.23. The topological polar surface area (TPSA) is 54.0 Å². The second kappa shape index (κ2) is 7.94. The molecule has 0 radical (unpaired) electrons. The van der Waals surface area contributed by atoms with Gasteiger partial charge in [-0.05, 0) is 49.2 Å². The smallest absolute Gasteiger partial charge is 0.225 e. The first kappa shape index (κ1) is 16.5. The number of aromatic nitrogens is 1. The second-order valence-electron chi connectivity index (χ2n) is 5.17. The molecule has 1 aromatic carbocycles. The van der Waals surface area contributed by atoms with Crippen molar-refractivity contribution in [3.63, 3.8) is 0 Å². The van der Waals surface area contributed by atoms with Crippen LogP contribution in [0.5, 0.6) is 0 Å². The molecule has 4 nitrogen and oxygen atoms in total. The van der Waals surface area contributed by atoms with Crippen molar-refractivity contribution in [2.75, 3.05) is 10.6 Å². The molecule has 0 aliphatic rings. The second-order valence-corrected chi connectivity index (χ2v) is 6.08. The number of carbonyl (C=O) groups excluding carboxylic acids is 1. The Balaban J connectivity index is 1.98. The number of carbonyl (C=O) groups is 1. The van der Waals surface area contributed by atoms with Gasteiger partial charge in [0.15, 0.2) is 0 Å². The minimum Gasteiger partial charge on any atom is -0.354 e. The van der Waals surface area contributed by atoms with E-state index in [1.54, 1.807) is 12.3 Å². The highest BCUT2D eigenvalue weighted by atomic mass is 79.9. The Hall–Kier alpha value is -1.88. The van der Waals surface area contributed by atoms with E-state index in [1.165, 1.54) is 0 Å². The number of hydrogen-bond donors (Lipinski definition) is 2. The zero-order valence-electron chi connectivity index (χ0n) is 12.8. The minimum absolute atomic E-state index is 0.0128. The number of nitrogens with one attached hydrogen (secondary N) is 2. The Morgan fingerprint density at radius 1 is 1.27 bits per heavy atom. The third kappa shape index (κ3) is 4.84. The molecule has 0 saturated heterocycles. The maximum atomic E-state index is 11.7. The third-order valence-electron chi connectivity index (χ3n) is 3.26. The maximum Gasteiger partial charge on any atom is 0.225 e. The van der Waals surface area contributed by atoms with Crippen LogP contribution in [0.3, 0.4) is 0 Å². The molecule has 0 atom stereocenters. The number of benzene rings is 1. The zero-order chi connectivity index (χ0) is 15.9. The van der Waals surface area contributed by atoms with Crippen molar-refractivity contribution >= 4 is 39.0 Å². The minimum atomic E-state index is 0.0128. The number of hydrogen-bond acceptors (Lipinski definition) is 3. The summed E-state index contributed by atoms with van der Waals surface area (Å²) in [5.41, 5.74) is 3.06. The van der Waals surface area contributed by atoms with Crippen molar-refractivity contribution in [3.8, 4) is 0 Å². The summed E-state index contributed by atoms with van der Waals surface area (Å²) < 4.78 is 1.05. The van der Waals surface area contributed by atoms with Gasteiger partial charge in [-0.1, -0.05) is 29.3 Å². The van der Waals surface area contributed by atoms with E-state index in [-0.39, 0.29) is 5.91 Å². The van der Waals surface area contributed by atoms with Gasteiger partial charge in [-0.2, -0.15) is 0 Å². The lowest BCUT2D eigenvalue weighted by molar-refractivity contribution is -0.116. The van der Waals surface area contributed by atoms with Crippen LogP contribution >= 0.6 is 15.9 Å². The molecule has 0 spiro atoms. The van der Waals surface area contributed by atoms with Gasteiger partial charge in [-0.3, -0.25) is 4.79 Å². The summed E-state index contributed by atoms with van der Waals surface area (Å²) in [6, 6.07) is 9.77. The fourth-order valence-corrected chi connectivity index (χ4v) is 2.48. The summed E-state index contributed by atoms with van der Waals surface area (Å²) in [6.45, 7) is 4.11. The first-order valence-corrected chi connectivity index (χ1v) is 8.17. The lowest BCUT2D eigenvalue weighted by Crippen LogP contribution is -2.12. The van der Waals surface area contributed by atoms with Crippen LogP contribution in [-0.2, 0) is 4.79 Å². The summed E-state index contributed by atoms with van der Waals surface area (Å²) in [6.07, 6.45) is 4.16. The summed E-state index contributed by atoms with van der Waals surface area (Å²) in [7, 11) is 0. The van der Waals surface area contributed by atoms with Gasteiger partial charge in [-0.15, -0.1) is 0 Å². The van der Waals surface area contributed by atoms with Gasteiger partial charge >= 0.3 is 0 Å². The Bertz CT molecular complexity index is 641. The highest BCUT2D eigenvalue weighted by Gasteiger charge is 2.04. The molecule has 0 saturated carbocycles. The van der Waals surface area contributed by atoms with Gasteiger partial charge in [-0.25, -0.2) is 4.98 Å². The lowest BCUT2D eigenvalue weighted by Gasteiger charge is -2.10. The largest absolute Gasteiger partial charge is 0.354 e. The molecule has 1 amide bonds. The number of amides is 1. The number of nitrogens with zero attached hydrogens (tertiary/aromatic N) is 1. The number of halogens is 1. The maximum absolute atomic E-state index is 11.7. The van der Waals surface area contributed by atoms with Crippen molar-refractivity contribution in [2.45, 2.75) is 33.1 Å². The number of anilines is 3. The van der Waals surface area contributed by atoms with Gasteiger partial charge < -0.3 is 10.6 Å². The molecular formula is C17H20BrN3O. The average Bonchev–Trinajstić information content (AvgIpc) is 2.50. The predicted molar refractivity (Wildman–Crippen MR) is 94.6 cm³/mol. The van der Waals surface area contributed by atoms with E-state index in [9.17, 15) is 4.79 Å². The SMILES string of the molecule is CCCCC(=O)Nc1ccc(Nc2ccc(Br)cc2C)cn1. The van der Waals surface area contributed by atoms with E-state index >= 15 is 0 Å². The lowest BCUT2D eigenvalue weighted by atomic mass is 10.2. The van der Waals surface area contributed by atoms with Crippen LogP contribution in [-0.4, -0.2) is 10.9 Å². The first-order chi connectivity index (χ1) is 10.6. The first-order valence-electron chi connectivity index (χ1n) is 7.37. The van der Waals surface area contributed by atoms with Crippen molar-refractivity contribution in [2.24, 2.45) is 0 Å². The van der Waals surface area contributed by atoms with Crippen molar-refractivity contribution < 1.29 is 4.79 Å². The zero-order valence-corrected chi connectivity index (χ0v) is 14.4. The van der Waals surface area contributed by atoms with Crippen LogP contribution < -0.4 is 10.6 Å². The van der Waals surface area contributed by atoms with Crippen LogP contribution in [0.15, 0.2) is 41.0 Å². The highest BCUT2D eigenvalue weighted by molar-refractivity contribution is 9.10. The van der Waals surface area contributed by atoms with E-state index in [1.807, 2.05) is 25.1 Å². The van der Waals surface area contributed by atoms with E-state index in [0.29, 0.717) is 12.2 Å².